The van der Waals surface area contributed by atoms with Crippen molar-refractivity contribution in [2.75, 3.05) is 33.7 Å². The lowest BCUT2D eigenvalue weighted by atomic mass is 10.2. The van der Waals surface area contributed by atoms with Crippen LogP contribution >= 0.6 is 0 Å². The number of amides is 2. The molecule has 0 saturated carbocycles. The van der Waals surface area contributed by atoms with Crippen molar-refractivity contribution in [1.29, 1.82) is 0 Å². The Morgan fingerprint density at radius 2 is 1.67 bits per heavy atom. The van der Waals surface area contributed by atoms with Crippen LogP contribution in [0.5, 0.6) is 0 Å². The van der Waals surface area contributed by atoms with Gasteiger partial charge in [0.05, 0.1) is 0 Å². The molecule has 1 heterocycles. The van der Waals surface area contributed by atoms with Crippen LogP contribution in [-0.4, -0.2) is 55.4 Å². The van der Waals surface area contributed by atoms with Crippen LogP contribution in [0.25, 0.3) is 0 Å². The van der Waals surface area contributed by atoms with Crippen molar-refractivity contribution in [3.8, 4) is 0 Å². The van der Waals surface area contributed by atoms with E-state index in [0.717, 1.165) is 19.4 Å². The molecular formula is C15H24N4O2. The monoisotopic (exact) mass is 292 g/mol. The van der Waals surface area contributed by atoms with Gasteiger partial charge in [0.1, 0.15) is 11.4 Å². The molecule has 2 amide bonds. The zero-order valence-electron chi connectivity index (χ0n) is 13.0. The summed E-state index contributed by atoms with van der Waals surface area (Å²) in [7, 11) is 3.98. The standard InChI is InChI=1S/C15H24N4O2/c1-4-9-16-14(20)12-7-5-8-13(18-12)15(21)17-10-6-11-19(2)3/h5,7-8H,4,6,9-11H2,1-3H3,(H,16,20)(H,17,21). The summed E-state index contributed by atoms with van der Waals surface area (Å²) in [6.07, 6.45) is 1.73. The highest BCUT2D eigenvalue weighted by Gasteiger charge is 2.11. The van der Waals surface area contributed by atoms with Gasteiger partial charge in [-0.25, -0.2) is 4.98 Å². The average molecular weight is 292 g/mol. The molecule has 1 aromatic rings. The first-order chi connectivity index (χ1) is 10.0. The Hall–Kier alpha value is -1.95. The van der Waals surface area contributed by atoms with E-state index in [-0.39, 0.29) is 23.2 Å². The van der Waals surface area contributed by atoms with Gasteiger partial charge in [-0.2, -0.15) is 0 Å². The van der Waals surface area contributed by atoms with Crippen molar-refractivity contribution in [3.05, 3.63) is 29.6 Å². The molecule has 0 radical (unpaired) electrons. The van der Waals surface area contributed by atoms with Gasteiger partial charge in [0.2, 0.25) is 0 Å². The van der Waals surface area contributed by atoms with Crippen LogP contribution in [0, 0.1) is 0 Å². The molecule has 1 rings (SSSR count). The van der Waals surface area contributed by atoms with Gasteiger partial charge in [0.25, 0.3) is 11.8 Å². The normalized spacial score (nSPS) is 10.5. The summed E-state index contributed by atoms with van der Waals surface area (Å²) in [6.45, 7) is 4.07. The van der Waals surface area contributed by atoms with Gasteiger partial charge in [-0.05, 0) is 45.6 Å². The highest BCUT2D eigenvalue weighted by atomic mass is 16.2. The van der Waals surface area contributed by atoms with Gasteiger partial charge in [0, 0.05) is 13.1 Å². The maximum Gasteiger partial charge on any atom is 0.269 e. The Bertz CT molecular complexity index is 474. The molecule has 0 aromatic carbocycles. The van der Waals surface area contributed by atoms with Gasteiger partial charge in [0.15, 0.2) is 0 Å². The third-order valence-corrected chi connectivity index (χ3v) is 2.82. The van der Waals surface area contributed by atoms with Crippen molar-refractivity contribution in [3.63, 3.8) is 0 Å². The molecule has 0 fully saturated rings. The first-order valence-electron chi connectivity index (χ1n) is 7.22. The first-order valence-corrected chi connectivity index (χ1v) is 7.22. The van der Waals surface area contributed by atoms with E-state index in [4.69, 9.17) is 0 Å². The molecule has 0 bridgehead atoms. The quantitative estimate of drug-likeness (QED) is 0.698. The second-order valence-corrected chi connectivity index (χ2v) is 5.08. The summed E-state index contributed by atoms with van der Waals surface area (Å²) >= 11 is 0. The fraction of sp³-hybridized carbons (Fsp3) is 0.533. The Balaban J connectivity index is 2.54. The van der Waals surface area contributed by atoms with Crippen molar-refractivity contribution in [2.45, 2.75) is 19.8 Å². The number of aromatic nitrogens is 1. The minimum atomic E-state index is -0.251. The molecule has 6 heteroatoms. The van der Waals surface area contributed by atoms with E-state index in [0.29, 0.717) is 13.1 Å². The first kappa shape index (κ1) is 17.1. The second-order valence-electron chi connectivity index (χ2n) is 5.08. The number of nitrogens with one attached hydrogen (secondary N) is 2. The molecule has 0 saturated heterocycles. The summed E-state index contributed by atoms with van der Waals surface area (Å²) in [5, 5.41) is 5.54. The lowest BCUT2D eigenvalue weighted by molar-refractivity contribution is 0.0943. The molecule has 1 aromatic heterocycles. The van der Waals surface area contributed by atoms with Crippen LogP contribution in [0.15, 0.2) is 18.2 Å². The number of nitrogens with zero attached hydrogens (tertiary/aromatic N) is 2. The smallest absolute Gasteiger partial charge is 0.269 e. The third-order valence-electron chi connectivity index (χ3n) is 2.82. The highest BCUT2D eigenvalue weighted by molar-refractivity contribution is 5.96. The second kappa shape index (κ2) is 9.07. The summed E-state index contributed by atoms with van der Waals surface area (Å²) < 4.78 is 0. The van der Waals surface area contributed by atoms with E-state index in [1.807, 2.05) is 21.0 Å². The lowest BCUT2D eigenvalue weighted by Crippen LogP contribution is -2.29. The maximum atomic E-state index is 12.0. The molecule has 0 aliphatic rings. The van der Waals surface area contributed by atoms with E-state index in [9.17, 15) is 9.59 Å². The number of hydrogen-bond acceptors (Lipinski definition) is 4. The average Bonchev–Trinajstić information content (AvgIpc) is 2.48. The zero-order valence-corrected chi connectivity index (χ0v) is 13.0. The van der Waals surface area contributed by atoms with Gasteiger partial charge in [-0.1, -0.05) is 13.0 Å². The van der Waals surface area contributed by atoms with Gasteiger partial charge < -0.3 is 15.5 Å². The van der Waals surface area contributed by atoms with E-state index < -0.39 is 0 Å². The van der Waals surface area contributed by atoms with E-state index >= 15 is 0 Å². The fourth-order valence-electron chi connectivity index (χ4n) is 1.70. The molecular weight excluding hydrogens is 268 g/mol. The van der Waals surface area contributed by atoms with Crippen LogP contribution < -0.4 is 10.6 Å². The van der Waals surface area contributed by atoms with Crippen LogP contribution in [0.3, 0.4) is 0 Å². The minimum absolute atomic E-state index is 0.251. The van der Waals surface area contributed by atoms with Crippen LogP contribution in [0.1, 0.15) is 40.7 Å². The Labute approximate surface area is 125 Å². The summed E-state index contributed by atoms with van der Waals surface area (Å²) in [4.78, 5) is 29.9. The van der Waals surface area contributed by atoms with E-state index in [1.54, 1.807) is 18.2 Å². The molecule has 0 spiro atoms. The molecule has 0 aliphatic carbocycles. The summed E-state index contributed by atoms with van der Waals surface area (Å²) in [5.74, 6) is -0.502. The Morgan fingerprint density at radius 1 is 1.10 bits per heavy atom. The number of carbonyl (C=O) groups is 2. The largest absolute Gasteiger partial charge is 0.351 e. The number of rotatable bonds is 8. The SMILES string of the molecule is CCCNC(=O)c1cccc(C(=O)NCCCN(C)C)n1. The fourth-order valence-corrected chi connectivity index (χ4v) is 1.70. The Kier molecular flexibility index (Phi) is 7.39. The zero-order chi connectivity index (χ0) is 15.7. The van der Waals surface area contributed by atoms with Crippen molar-refractivity contribution >= 4 is 11.8 Å². The topological polar surface area (TPSA) is 74.3 Å². The molecule has 21 heavy (non-hydrogen) atoms. The summed E-state index contributed by atoms with van der Waals surface area (Å²) in [5.41, 5.74) is 0.536. The number of pyridine rings is 1. The highest BCUT2D eigenvalue weighted by Crippen LogP contribution is 2.00. The van der Waals surface area contributed by atoms with Crippen LogP contribution in [0.4, 0.5) is 0 Å². The lowest BCUT2D eigenvalue weighted by Gasteiger charge is -2.10. The number of carbonyl (C=O) groups excluding carboxylic acids is 2. The van der Waals surface area contributed by atoms with Gasteiger partial charge in [-0.15, -0.1) is 0 Å². The summed E-state index contributed by atoms with van der Waals surface area (Å²) in [6, 6.07) is 4.88. The molecule has 2 N–H and O–H groups in total. The Morgan fingerprint density at radius 3 is 2.19 bits per heavy atom. The molecule has 116 valence electrons. The minimum Gasteiger partial charge on any atom is -0.351 e. The van der Waals surface area contributed by atoms with Crippen LogP contribution in [-0.2, 0) is 0 Å². The van der Waals surface area contributed by atoms with Crippen molar-refractivity contribution < 1.29 is 9.59 Å². The molecule has 6 nitrogen and oxygen atoms in total. The third kappa shape index (κ3) is 6.35. The predicted octanol–water partition coefficient (Wildman–Crippen LogP) is 0.903. The number of hydrogen-bond donors (Lipinski definition) is 2. The molecule has 0 aliphatic heterocycles. The molecule has 0 atom stereocenters. The van der Waals surface area contributed by atoms with Gasteiger partial charge >= 0.3 is 0 Å². The van der Waals surface area contributed by atoms with Crippen molar-refractivity contribution in [2.24, 2.45) is 0 Å². The van der Waals surface area contributed by atoms with E-state index in [1.165, 1.54) is 0 Å². The predicted molar refractivity (Wildman–Crippen MR) is 82.4 cm³/mol. The van der Waals surface area contributed by atoms with Gasteiger partial charge in [-0.3, -0.25) is 9.59 Å². The van der Waals surface area contributed by atoms with Crippen LogP contribution in [0.2, 0.25) is 0 Å². The van der Waals surface area contributed by atoms with Crippen molar-refractivity contribution in [1.82, 2.24) is 20.5 Å². The molecule has 0 unspecified atom stereocenters. The van der Waals surface area contributed by atoms with E-state index in [2.05, 4.69) is 20.5 Å². The maximum absolute atomic E-state index is 12.0.